The predicted molar refractivity (Wildman–Crippen MR) is 40.4 cm³/mol. The molecular formula is C8H9F3NO+. The van der Waals surface area contributed by atoms with Crippen LogP contribution in [0.25, 0.3) is 0 Å². The fourth-order valence-electron chi connectivity index (χ4n) is 0.975. The van der Waals surface area contributed by atoms with Crippen LogP contribution in [0.15, 0.2) is 23.9 Å². The molecular weight excluding hydrogens is 183 g/mol. The van der Waals surface area contributed by atoms with E-state index in [1.54, 1.807) is 0 Å². The Bertz CT molecular complexity index is 299. The number of nitrogens with zero attached hydrogens (tertiary/aromatic N) is 1. The molecule has 2 nitrogen and oxygen atoms in total. The fraction of sp³-hybridized carbons (Fsp3) is 0.375. The maximum Gasteiger partial charge on any atom is 0.421 e. The molecule has 13 heavy (non-hydrogen) atoms. The topological polar surface area (TPSA) is 17.1 Å². The van der Waals surface area contributed by atoms with Gasteiger partial charge in [-0.15, -0.1) is 0 Å². The Morgan fingerprint density at radius 2 is 1.77 bits per heavy atom. The highest BCUT2D eigenvalue weighted by atomic mass is 19.4. The Morgan fingerprint density at radius 3 is 2.15 bits per heavy atom. The van der Waals surface area contributed by atoms with Crippen LogP contribution in [0.1, 0.15) is 0 Å². The SMILES string of the molecule is C[N+]1(C)C=C(C(F)(F)F)C=CC1=O. The van der Waals surface area contributed by atoms with Crippen LogP contribution in [-0.2, 0) is 4.79 Å². The van der Waals surface area contributed by atoms with E-state index in [0.717, 1.165) is 18.4 Å². The van der Waals surface area contributed by atoms with E-state index in [0.29, 0.717) is 0 Å². The molecule has 0 radical (unpaired) electrons. The largest absolute Gasteiger partial charge is 0.421 e. The summed E-state index contributed by atoms with van der Waals surface area (Å²) in [5.41, 5.74) is -0.780. The van der Waals surface area contributed by atoms with Crippen molar-refractivity contribution < 1.29 is 22.4 Å². The summed E-state index contributed by atoms with van der Waals surface area (Å²) >= 11 is 0. The van der Waals surface area contributed by atoms with Crippen molar-refractivity contribution in [1.29, 1.82) is 0 Å². The molecule has 1 heterocycles. The fourth-order valence-corrected chi connectivity index (χ4v) is 0.975. The van der Waals surface area contributed by atoms with Crippen LogP contribution in [0.2, 0.25) is 0 Å². The van der Waals surface area contributed by atoms with Gasteiger partial charge in [0.15, 0.2) is 0 Å². The Kier molecular flexibility index (Phi) is 2.07. The van der Waals surface area contributed by atoms with Gasteiger partial charge in [0.1, 0.15) is 11.8 Å². The van der Waals surface area contributed by atoms with Gasteiger partial charge in [-0.05, 0) is 6.08 Å². The standard InChI is InChI=1S/C8H9F3NO/c1-12(2)5-6(8(9,10)11)3-4-7(12)13/h3-5H,1-2H3/q+1. The zero-order chi connectivity index (χ0) is 10.3. The van der Waals surface area contributed by atoms with Crippen molar-refractivity contribution in [1.82, 2.24) is 0 Å². The summed E-state index contributed by atoms with van der Waals surface area (Å²) < 4.78 is 36.1. The molecule has 72 valence electrons. The van der Waals surface area contributed by atoms with Gasteiger partial charge in [-0.25, -0.2) is 9.28 Å². The number of carbonyl (C=O) groups is 1. The molecule has 1 amide bonds. The number of alkyl halides is 3. The third-order valence-electron chi connectivity index (χ3n) is 1.76. The van der Waals surface area contributed by atoms with E-state index in [2.05, 4.69) is 0 Å². The van der Waals surface area contributed by atoms with Crippen molar-refractivity contribution in [3.8, 4) is 0 Å². The van der Waals surface area contributed by atoms with Gasteiger partial charge in [0, 0.05) is 6.08 Å². The smallest absolute Gasteiger partial charge is 0.235 e. The number of halogens is 3. The van der Waals surface area contributed by atoms with E-state index in [1.165, 1.54) is 14.1 Å². The van der Waals surface area contributed by atoms with Gasteiger partial charge in [-0.2, -0.15) is 13.2 Å². The van der Waals surface area contributed by atoms with Gasteiger partial charge >= 0.3 is 12.1 Å². The van der Waals surface area contributed by atoms with Crippen molar-refractivity contribution in [3.05, 3.63) is 23.9 Å². The van der Waals surface area contributed by atoms with Crippen LogP contribution in [0.4, 0.5) is 13.2 Å². The Balaban J connectivity index is 3.06. The molecule has 5 heteroatoms. The highest BCUT2D eigenvalue weighted by Gasteiger charge is 2.39. The zero-order valence-corrected chi connectivity index (χ0v) is 7.22. The molecule has 0 fully saturated rings. The second-order valence-corrected chi connectivity index (χ2v) is 3.29. The lowest BCUT2D eigenvalue weighted by atomic mass is 10.2. The quantitative estimate of drug-likeness (QED) is 0.533. The highest BCUT2D eigenvalue weighted by molar-refractivity contribution is 5.83. The number of carbonyl (C=O) groups excluding carboxylic acids is 1. The van der Waals surface area contributed by atoms with Crippen molar-refractivity contribution in [2.75, 3.05) is 14.1 Å². The normalized spacial score (nSPS) is 21.6. The summed E-state index contributed by atoms with van der Waals surface area (Å²) in [4.78, 5) is 11.1. The molecule has 0 atom stereocenters. The van der Waals surface area contributed by atoms with Gasteiger partial charge in [0.05, 0.1) is 14.1 Å². The molecule has 0 bridgehead atoms. The average Bonchev–Trinajstić information content (AvgIpc) is 1.92. The molecule has 0 aromatic heterocycles. The molecule has 0 aliphatic carbocycles. The van der Waals surface area contributed by atoms with Gasteiger partial charge in [-0.1, -0.05) is 0 Å². The molecule has 1 aliphatic rings. The lowest BCUT2D eigenvalue weighted by molar-refractivity contribution is -0.757. The maximum atomic E-state index is 12.2. The van der Waals surface area contributed by atoms with Crippen molar-refractivity contribution in [3.63, 3.8) is 0 Å². The van der Waals surface area contributed by atoms with Crippen LogP contribution in [-0.4, -0.2) is 30.7 Å². The summed E-state index contributed by atoms with van der Waals surface area (Å²) in [5, 5.41) is 0. The molecule has 0 aromatic rings. The third kappa shape index (κ3) is 1.98. The van der Waals surface area contributed by atoms with E-state index in [-0.39, 0.29) is 5.91 Å². The number of rotatable bonds is 0. The minimum absolute atomic E-state index is 0.368. The minimum atomic E-state index is -4.38. The monoisotopic (exact) mass is 192 g/mol. The molecule has 0 saturated heterocycles. The third-order valence-corrected chi connectivity index (χ3v) is 1.76. The van der Waals surface area contributed by atoms with Crippen molar-refractivity contribution in [2.24, 2.45) is 0 Å². The zero-order valence-electron chi connectivity index (χ0n) is 7.22. The molecule has 0 spiro atoms. The first kappa shape index (κ1) is 9.98. The van der Waals surface area contributed by atoms with Gasteiger partial charge in [-0.3, -0.25) is 0 Å². The summed E-state index contributed by atoms with van der Waals surface area (Å²) in [5.74, 6) is -0.368. The lowest BCUT2D eigenvalue weighted by Gasteiger charge is -2.24. The first-order valence-electron chi connectivity index (χ1n) is 3.60. The van der Waals surface area contributed by atoms with Gasteiger partial charge in [0.2, 0.25) is 0 Å². The maximum absolute atomic E-state index is 12.2. The molecule has 0 saturated carbocycles. The van der Waals surface area contributed by atoms with Crippen LogP contribution < -0.4 is 0 Å². The van der Waals surface area contributed by atoms with Crippen LogP contribution in [0.3, 0.4) is 0 Å². The number of allylic oxidation sites excluding steroid dienone is 2. The van der Waals surface area contributed by atoms with Crippen LogP contribution in [0.5, 0.6) is 0 Å². The van der Waals surface area contributed by atoms with Crippen molar-refractivity contribution in [2.45, 2.75) is 6.18 Å². The Labute approximate surface area is 73.5 Å². The number of amides is 1. The number of hydrogen-bond donors (Lipinski definition) is 0. The summed E-state index contributed by atoms with van der Waals surface area (Å²) in [6.45, 7) is 0. The number of likely N-dealkylation sites (N-methyl/N-ethyl adjacent to an activating group) is 1. The van der Waals surface area contributed by atoms with E-state index in [9.17, 15) is 18.0 Å². The van der Waals surface area contributed by atoms with Crippen LogP contribution >= 0.6 is 0 Å². The van der Waals surface area contributed by atoms with E-state index >= 15 is 0 Å². The second kappa shape index (κ2) is 2.70. The van der Waals surface area contributed by atoms with Crippen molar-refractivity contribution >= 4 is 5.91 Å². The first-order chi connectivity index (χ1) is 5.73. The minimum Gasteiger partial charge on any atom is -0.235 e. The van der Waals surface area contributed by atoms with Gasteiger partial charge in [0.25, 0.3) is 0 Å². The lowest BCUT2D eigenvalue weighted by Crippen LogP contribution is -2.41. The van der Waals surface area contributed by atoms with E-state index < -0.39 is 16.2 Å². The predicted octanol–water partition coefficient (Wildman–Crippen LogP) is 1.61. The highest BCUT2D eigenvalue weighted by Crippen LogP contribution is 2.29. The van der Waals surface area contributed by atoms with E-state index in [4.69, 9.17) is 0 Å². The first-order valence-corrected chi connectivity index (χ1v) is 3.60. The Morgan fingerprint density at radius 1 is 1.23 bits per heavy atom. The summed E-state index contributed by atoms with van der Waals surface area (Å²) in [7, 11) is 2.80. The molecule has 0 unspecified atom stereocenters. The van der Waals surface area contributed by atoms with Crippen LogP contribution in [0, 0.1) is 0 Å². The molecule has 1 aliphatic heterocycles. The summed E-state index contributed by atoms with van der Waals surface area (Å²) in [6.07, 6.45) is -1.75. The molecule has 0 N–H and O–H groups in total. The summed E-state index contributed by atoms with van der Waals surface area (Å²) in [6, 6.07) is 0. The average molecular weight is 192 g/mol. The Hall–Kier alpha value is -1.10. The molecule has 0 aromatic carbocycles. The van der Waals surface area contributed by atoms with Gasteiger partial charge < -0.3 is 0 Å². The molecule has 1 rings (SSSR count). The van der Waals surface area contributed by atoms with E-state index in [1.807, 2.05) is 0 Å². The number of quaternary nitrogens is 1. The number of hydrogen-bond acceptors (Lipinski definition) is 1. The second-order valence-electron chi connectivity index (χ2n) is 3.29.